The van der Waals surface area contributed by atoms with Crippen LogP contribution in [0.3, 0.4) is 0 Å². The van der Waals surface area contributed by atoms with E-state index in [9.17, 15) is 18.4 Å². The summed E-state index contributed by atoms with van der Waals surface area (Å²) in [4.78, 5) is 24.5. The summed E-state index contributed by atoms with van der Waals surface area (Å²) < 4.78 is 34.5. The predicted molar refractivity (Wildman–Crippen MR) is 105 cm³/mol. The third-order valence-electron chi connectivity index (χ3n) is 4.50. The molecule has 0 fully saturated rings. The van der Waals surface area contributed by atoms with Crippen LogP contribution in [0.1, 0.15) is 28.7 Å². The fourth-order valence-corrected chi connectivity index (χ4v) is 2.95. The molecule has 1 aromatic heterocycles. The molecular weight excluding hydrogens is 378 g/mol. The Morgan fingerprint density at radius 2 is 1.48 bits per heavy atom. The summed E-state index contributed by atoms with van der Waals surface area (Å²) in [5.41, 5.74) is 2.68. The molecule has 0 bridgehead atoms. The molecule has 2 aromatic carbocycles. The number of esters is 1. The molecular formula is C22H20F2N2O3. The van der Waals surface area contributed by atoms with E-state index in [0.717, 1.165) is 29.2 Å². The number of anilines is 1. The average molecular weight is 398 g/mol. The van der Waals surface area contributed by atoms with Crippen molar-refractivity contribution in [1.29, 1.82) is 0 Å². The molecule has 3 rings (SSSR count). The average Bonchev–Trinajstić information content (AvgIpc) is 3.03. The summed E-state index contributed by atoms with van der Waals surface area (Å²) in [6, 6.07) is 14.0. The smallest absolute Gasteiger partial charge is 0.338 e. The van der Waals surface area contributed by atoms with Gasteiger partial charge in [0.2, 0.25) is 0 Å². The lowest BCUT2D eigenvalue weighted by Gasteiger charge is -2.15. The van der Waals surface area contributed by atoms with Crippen molar-refractivity contribution in [2.24, 2.45) is 0 Å². The second kappa shape index (κ2) is 8.26. The standard InChI is InChI=1S/C22H20F2N2O3/c1-13-7-8-14(2)26(13)17-11-9-16(10-12-17)22(28)29-15(3)21(27)25-20-18(23)5-4-6-19(20)24/h4-12,15H,1-3H3,(H,25,27). The maximum Gasteiger partial charge on any atom is 0.338 e. The van der Waals surface area contributed by atoms with Crippen LogP contribution in [0.25, 0.3) is 5.69 Å². The zero-order valence-electron chi connectivity index (χ0n) is 16.2. The van der Waals surface area contributed by atoms with Crippen LogP contribution in [0.4, 0.5) is 14.5 Å². The molecule has 0 aliphatic rings. The quantitative estimate of drug-likeness (QED) is 0.641. The van der Waals surface area contributed by atoms with E-state index in [0.29, 0.717) is 0 Å². The number of nitrogens with zero attached hydrogens (tertiary/aromatic N) is 1. The van der Waals surface area contributed by atoms with E-state index in [1.165, 1.54) is 13.0 Å². The van der Waals surface area contributed by atoms with Crippen LogP contribution < -0.4 is 5.32 Å². The molecule has 1 heterocycles. The number of ether oxygens (including phenoxy) is 1. The van der Waals surface area contributed by atoms with Gasteiger partial charge in [0.25, 0.3) is 5.91 Å². The topological polar surface area (TPSA) is 60.3 Å². The highest BCUT2D eigenvalue weighted by Gasteiger charge is 2.21. The maximum absolute atomic E-state index is 13.6. The molecule has 0 radical (unpaired) electrons. The van der Waals surface area contributed by atoms with Crippen LogP contribution in [-0.4, -0.2) is 22.5 Å². The number of carbonyl (C=O) groups excluding carboxylic acids is 2. The molecule has 0 spiro atoms. The zero-order chi connectivity index (χ0) is 21.1. The molecule has 1 unspecified atom stereocenters. The van der Waals surface area contributed by atoms with E-state index >= 15 is 0 Å². The fraction of sp³-hybridized carbons (Fsp3) is 0.182. The SMILES string of the molecule is Cc1ccc(C)n1-c1ccc(C(=O)OC(C)C(=O)Nc2c(F)cccc2F)cc1. The highest BCUT2D eigenvalue weighted by molar-refractivity contribution is 5.97. The van der Waals surface area contributed by atoms with Gasteiger partial charge in [-0.2, -0.15) is 0 Å². The Balaban J connectivity index is 1.67. The van der Waals surface area contributed by atoms with Gasteiger partial charge in [-0.15, -0.1) is 0 Å². The molecule has 0 aliphatic carbocycles. The van der Waals surface area contributed by atoms with E-state index < -0.39 is 35.3 Å². The summed E-state index contributed by atoms with van der Waals surface area (Å²) in [5.74, 6) is -3.38. The summed E-state index contributed by atoms with van der Waals surface area (Å²) >= 11 is 0. The van der Waals surface area contributed by atoms with Gasteiger partial charge in [0.05, 0.1) is 5.56 Å². The van der Waals surface area contributed by atoms with Crippen LogP contribution in [0.5, 0.6) is 0 Å². The second-order valence-electron chi connectivity index (χ2n) is 6.63. The molecule has 0 saturated heterocycles. The molecule has 1 amide bonds. The van der Waals surface area contributed by atoms with Gasteiger partial charge in [-0.05, 0) is 69.3 Å². The molecule has 5 nitrogen and oxygen atoms in total. The number of hydrogen-bond donors (Lipinski definition) is 1. The van der Waals surface area contributed by atoms with Gasteiger partial charge >= 0.3 is 5.97 Å². The predicted octanol–water partition coefficient (Wildman–Crippen LogP) is 4.56. The summed E-state index contributed by atoms with van der Waals surface area (Å²) in [7, 11) is 0. The Morgan fingerprint density at radius 1 is 0.931 bits per heavy atom. The first-order valence-electron chi connectivity index (χ1n) is 8.99. The van der Waals surface area contributed by atoms with Crippen LogP contribution in [0.2, 0.25) is 0 Å². The highest BCUT2D eigenvalue weighted by atomic mass is 19.1. The van der Waals surface area contributed by atoms with Crippen molar-refractivity contribution in [1.82, 2.24) is 4.57 Å². The number of benzene rings is 2. The van der Waals surface area contributed by atoms with Gasteiger partial charge in [-0.3, -0.25) is 4.79 Å². The van der Waals surface area contributed by atoms with Crippen molar-refractivity contribution in [3.8, 4) is 5.69 Å². The Labute approximate surface area is 166 Å². The van der Waals surface area contributed by atoms with Crippen molar-refractivity contribution in [2.75, 3.05) is 5.32 Å². The first-order valence-corrected chi connectivity index (χ1v) is 8.99. The summed E-state index contributed by atoms with van der Waals surface area (Å²) in [6.07, 6.45) is -1.24. The van der Waals surface area contributed by atoms with Gasteiger partial charge in [0, 0.05) is 17.1 Å². The Hall–Kier alpha value is -3.48. The van der Waals surface area contributed by atoms with Crippen LogP contribution >= 0.6 is 0 Å². The molecule has 1 atom stereocenters. The first-order chi connectivity index (χ1) is 13.8. The van der Waals surface area contributed by atoms with Crippen molar-refractivity contribution >= 4 is 17.6 Å². The lowest BCUT2D eigenvalue weighted by Crippen LogP contribution is -2.30. The number of hydrogen-bond acceptors (Lipinski definition) is 3. The molecule has 7 heteroatoms. The van der Waals surface area contributed by atoms with Gasteiger partial charge in [-0.1, -0.05) is 6.07 Å². The van der Waals surface area contributed by atoms with Gasteiger partial charge in [0.1, 0.15) is 17.3 Å². The van der Waals surface area contributed by atoms with Crippen molar-refractivity contribution in [3.63, 3.8) is 0 Å². The third-order valence-corrected chi connectivity index (χ3v) is 4.50. The molecule has 29 heavy (non-hydrogen) atoms. The maximum atomic E-state index is 13.6. The number of rotatable bonds is 5. The number of para-hydroxylation sites is 1. The summed E-state index contributed by atoms with van der Waals surface area (Å²) in [5, 5.41) is 2.11. The number of nitrogens with one attached hydrogen (secondary N) is 1. The molecule has 0 aliphatic heterocycles. The van der Waals surface area contributed by atoms with E-state index in [-0.39, 0.29) is 5.56 Å². The molecule has 150 valence electrons. The Morgan fingerprint density at radius 3 is 2.03 bits per heavy atom. The lowest BCUT2D eigenvalue weighted by molar-refractivity contribution is -0.123. The van der Waals surface area contributed by atoms with E-state index in [1.807, 2.05) is 30.5 Å². The van der Waals surface area contributed by atoms with Crippen molar-refractivity contribution < 1.29 is 23.1 Å². The zero-order valence-corrected chi connectivity index (χ0v) is 16.2. The van der Waals surface area contributed by atoms with Gasteiger partial charge in [-0.25, -0.2) is 13.6 Å². The number of aromatic nitrogens is 1. The Kier molecular flexibility index (Phi) is 5.77. The first kappa shape index (κ1) is 20.3. The minimum Gasteiger partial charge on any atom is -0.449 e. The fourth-order valence-electron chi connectivity index (χ4n) is 2.95. The minimum atomic E-state index is -1.24. The molecule has 3 aromatic rings. The van der Waals surface area contributed by atoms with Crippen molar-refractivity contribution in [2.45, 2.75) is 26.9 Å². The van der Waals surface area contributed by atoms with Crippen LogP contribution in [0.15, 0.2) is 54.6 Å². The number of halogens is 2. The minimum absolute atomic E-state index is 0.257. The van der Waals surface area contributed by atoms with Crippen LogP contribution in [-0.2, 0) is 9.53 Å². The van der Waals surface area contributed by atoms with Gasteiger partial charge < -0.3 is 14.6 Å². The second-order valence-corrected chi connectivity index (χ2v) is 6.63. The largest absolute Gasteiger partial charge is 0.449 e. The normalized spacial score (nSPS) is 11.8. The Bertz CT molecular complexity index is 1020. The summed E-state index contributed by atoms with van der Waals surface area (Å²) in [6.45, 7) is 5.29. The number of carbonyl (C=O) groups is 2. The molecule has 1 N–H and O–H groups in total. The number of aryl methyl sites for hydroxylation is 2. The van der Waals surface area contributed by atoms with E-state index in [2.05, 4.69) is 5.32 Å². The van der Waals surface area contributed by atoms with E-state index in [1.54, 1.807) is 24.3 Å². The monoisotopic (exact) mass is 398 g/mol. The van der Waals surface area contributed by atoms with Crippen molar-refractivity contribution in [3.05, 3.63) is 83.2 Å². The molecule has 0 saturated carbocycles. The van der Waals surface area contributed by atoms with E-state index in [4.69, 9.17) is 4.74 Å². The number of amides is 1. The third kappa shape index (κ3) is 4.34. The highest BCUT2D eigenvalue weighted by Crippen LogP contribution is 2.19. The lowest BCUT2D eigenvalue weighted by atomic mass is 10.2. The van der Waals surface area contributed by atoms with Crippen LogP contribution in [0, 0.1) is 25.5 Å². The van der Waals surface area contributed by atoms with Gasteiger partial charge in [0.15, 0.2) is 6.10 Å².